The van der Waals surface area contributed by atoms with E-state index in [0.717, 1.165) is 34.4 Å². The van der Waals surface area contributed by atoms with Crippen molar-refractivity contribution in [1.82, 2.24) is 24.6 Å². The smallest absolute Gasteiger partial charge is 0.255 e. The molecule has 148 valence electrons. The van der Waals surface area contributed by atoms with Gasteiger partial charge in [-0.1, -0.05) is 18.2 Å². The summed E-state index contributed by atoms with van der Waals surface area (Å²) in [5.74, 6) is 0.0422. The second-order valence-electron chi connectivity index (χ2n) is 8.22. The normalized spacial score (nSPS) is 16.7. The first-order chi connectivity index (χ1) is 14.0. The average Bonchev–Trinajstić information content (AvgIpc) is 3.29. The summed E-state index contributed by atoms with van der Waals surface area (Å²) in [4.78, 5) is 23.8. The minimum Gasteiger partial charge on any atom is -0.356 e. The number of hydrogen-bond acceptors (Lipinski definition) is 3. The molecular formula is C23H25N5O. The first-order valence-electron chi connectivity index (χ1n) is 10.2. The molecular weight excluding hydrogens is 362 g/mol. The summed E-state index contributed by atoms with van der Waals surface area (Å²) in [5, 5.41) is 6.57. The number of benzene rings is 1. The number of pyridine rings is 1. The van der Waals surface area contributed by atoms with Crippen LogP contribution in [0.5, 0.6) is 0 Å². The zero-order valence-corrected chi connectivity index (χ0v) is 17.2. The van der Waals surface area contributed by atoms with Crippen LogP contribution in [-0.2, 0) is 6.42 Å². The van der Waals surface area contributed by atoms with Crippen molar-refractivity contribution in [2.45, 2.75) is 46.2 Å². The number of aryl methyl sites for hydroxylation is 1. The number of para-hydroxylation sites is 1. The van der Waals surface area contributed by atoms with Gasteiger partial charge in [-0.05, 0) is 51.8 Å². The SMILES string of the molecule is Cc1cc(C(=O)N2CCc3c([nH]c4ccccc34)[C@@H]2C)c2cnn(C(C)C)c2n1. The lowest BCUT2D eigenvalue weighted by molar-refractivity contribution is 0.0676. The molecule has 0 saturated heterocycles. The molecule has 0 saturated carbocycles. The molecule has 1 aliphatic rings. The van der Waals surface area contributed by atoms with Gasteiger partial charge < -0.3 is 9.88 Å². The van der Waals surface area contributed by atoms with E-state index in [4.69, 9.17) is 0 Å². The number of nitrogens with zero attached hydrogens (tertiary/aromatic N) is 4. The topological polar surface area (TPSA) is 66.8 Å². The molecule has 1 N–H and O–H groups in total. The molecule has 4 heterocycles. The van der Waals surface area contributed by atoms with Crippen molar-refractivity contribution in [1.29, 1.82) is 0 Å². The summed E-state index contributed by atoms with van der Waals surface area (Å²) in [6, 6.07) is 10.4. The fourth-order valence-corrected chi connectivity index (χ4v) is 4.56. The molecule has 0 bridgehead atoms. The van der Waals surface area contributed by atoms with Gasteiger partial charge in [-0.2, -0.15) is 5.10 Å². The number of H-pyrrole nitrogens is 1. The number of aromatic nitrogens is 4. The summed E-state index contributed by atoms with van der Waals surface area (Å²) < 4.78 is 1.88. The van der Waals surface area contributed by atoms with Crippen molar-refractivity contribution >= 4 is 27.8 Å². The predicted molar refractivity (Wildman–Crippen MR) is 114 cm³/mol. The third-order valence-electron chi connectivity index (χ3n) is 6.01. The van der Waals surface area contributed by atoms with Crippen LogP contribution in [0.3, 0.4) is 0 Å². The molecule has 6 heteroatoms. The lowest BCUT2D eigenvalue weighted by Crippen LogP contribution is -2.39. The second-order valence-corrected chi connectivity index (χ2v) is 8.22. The second kappa shape index (κ2) is 6.44. The van der Waals surface area contributed by atoms with E-state index in [9.17, 15) is 4.79 Å². The molecule has 5 rings (SSSR count). The van der Waals surface area contributed by atoms with E-state index in [-0.39, 0.29) is 18.0 Å². The Morgan fingerprint density at radius 3 is 2.83 bits per heavy atom. The minimum atomic E-state index is -0.0117. The number of rotatable bonds is 2. The Morgan fingerprint density at radius 1 is 1.24 bits per heavy atom. The van der Waals surface area contributed by atoms with E-state index < -0.39 is 0 Å². The Balaban J connectivity index is 1.58. The van der Waals surface area contributed by atoms with Gasteiger partial charge in [-0.25, -0.2) is 9.67 Å². The van der Waals surface area contributed by atoms with Gasteiger partial charge in [0.15, 0.2) is 5.65 Å². The molecule has 1 aromatic carbocycles. The summed E-state index contributed by atoms with van der Waals surface area (Å²) >= 11 is 0. The molecule has 3 aromatic heterocycles. The third-order valence-corrected chi connectivity index (χ3v) is 6.01. The van der Waals surface area contributed by atoms with E-state index >= 15 is 0 Å². The first-order valence-corrected chi connectivity index (χ1v) is 10.2. The van der Waals surface area contributed by atoms with Gasteiger partial charge in [0, 0.05) is 34.9 Å². The molecule has 6 nitrogen and oxygen atoms in total. The monoisotopic (exact) mass is 387 g/mol. The van der Waals surface area contributed by atoms with Gasteiger partial charge in [-0.3, -0.25) is 4.79 Å². The standard InChI is InChI=1S/C23H25N5O/c1-13(2)28-22-19(12-24-28)18(11-14(3)25-22)23(29)27-10-9-17-16-7-5-6-8-20(16)26-21(17)15(27)4/h5-8,11-13,15,26H,9-10H2,1-4H3/t15-/m0/s1. The molecule has 0 radical (unpaired) electrons. The van der Waals surface area contributed by atoms with Crippen molar-refractivity contribution in [3.05, 3.63) is 59.0 Å². The molecule has 4 aromatic rings. The maximum Gasteiger partial charge on any atom is 0.255 e. The predicted octanol–water partition coefficient (Wildman–Crippen LogP) is 4.56. The van der Waals surface area contributed by atoms with Crippen LogP contribution < -0.4 is 0 Å². The molecule has 1 amide bonds. The fourth-order valence-electron chi connectivity index (χ4n) is 4.56. The van der Waals surface area contributed by atoms with Crippen LogP contribution in [0.25, 0.3) is 21.9 Å². The van der Waals surface area contributed by atoms with Crippen molar-refractivity contribution in [2.24, 2.45) is 0 Å². The Labute approximate surface area is 169 Å². The molecule has 1 atom stereocenters. The third kappa shape index (κ3) is 2.66. The van der Waals surface area contributed by atoms with Crippen LogP contribution in [0.4, 0.5) is 0 Å². The fraction of sp³-hybridized carbons (Fsp3) is 0.348. The molecule has 0 unspecified atom stereocenters. The number of amides is 1. The molecule has 0 aliphatic carbocycles. The lowest BCUT2D eigenvalue weighted by atomic mass is 9.97. The van der Waals surface area contributed by atoms with Crippen molar-refractivity contribution < 1.29 is 4.79 Å². The highest BCUT2D eigenvalue weighted by molar-refractivity contribution is 6.06. The van der Waals surface area contributed by atoms with Crippen molar-refractivity contribution in [2.75, 3.05) is 6.54 Å². The minimum absolute atomic E-state index is 0.0117. The Bertz CT molecular complexity index is 1250. The zero-order chi connectivity index (χ0) is 20.3. The summed E-state index contributed by atoms with van der Waals surface area (Å²) in [6.45, 7) is 8.89. The average molecular weight is 387 g/mol. The highest BCUT2D eigenvalue weighted by atomic mass is 16.2. The van der Waals surface area contributed by atoms with Crippen LogP contribution in [-0.4, -0.2) is 37.1 Å². The van der Waals surface area contributed by atoms with Gasteiger partial charge in [0.05, 0.1) is 23.2 Å². The largest absolute Gasteiger partial charge is 0.356 e. The van der Waals surface area contributed by atoms with Gasteiger partial charge in [0.25, 0.3) is 5.91 Å². The Hall–Kier alpha value is -3.15. The summed E-state index contributed by atoms with van der Waals surface area (Å²) in [5.41, 5.74) is 5.91. The zero-order valence-electron chi connectivity index (χ0n) is 17.2. The Morgan fingerprint density at radius 2 is 2.03 bits per heavy atom. The van der Waals surface area contributed by atoms with Crippen LogP contribution in [0.1, 0.15) is 60.2 Å². The van der Waals surface area contributed by atoms with Crippen LogP contribution in [0.15, 0.2) is 36.5 Å². The number of aromatic amines is 1. The molecule has 0 fully saturated rings. The lowest BCUT2D eigenvalue weighted by Gasteiger charge is -2.34. The first kappa shape index (κ1) is 17.9. The number of nitrogens with one attached hydrogen (secondary N) is 1. The maximum absolute atomic E-state index is 13.6. The van der Waals surface area contributed by atoms with Crippen LogP contribution >= 0.6 is 0 Å². The summed E-state index contributed by atoms with van der Waals surface area (Å²) in [6.07, 6.45) is 2.63. The van der Waals surface area contributed by atoms with Gasteiger partial charge in [-0.15, -0.1) is 0 Å². The van der Waals surface area contributed by atoms with Crippen LogP contribution in [0.2, 0.25) is 0 Å². The van der Waals surface area contributed by atoms with E-state index in [1.807, 2.05) is 28.6 Å². The highest BCUT2D eigenvalue weighted by Gasteiger charge is 2.32. The van der Waals surface area contributed by atoms with E-state index in [1.54, 1.807) is 6.20 Å². The van der Waals surface area contributed by atoms with E-state index in [0.29, 0.717) is 12.1 Å². The molecule has 0 spiro atoms. The van der Waals surface area contributed by atoms with Gasteiger partial charge >= 0.3 is 0 Å². The van der Waals surface area contributed by atoms with E-state index in [2.05, 4.69) is 54.0 Å². The highest BCUT2D eigenvalue weighted by Crippen LogP contribution is 2.35. The number of carbonyl (C=O) groups is 1. The van der Waals surface area contributed by atoms with Crippen LogP contribution in [0, 0.1) is 6.92 Å². The van der Waals surface area contributed by atoms with E-state index in [1.165, 1.54) is 10.9 Å². The van der Waals surface area contributed by atoms with Gasteiger partial charge in [0.2, 0.25) is 0 Å². The molecule has 1 aliphatic heterocycles. The maximum atomic E-state index is 13.6. The number of carbonyl (C=O) groups excluding carboxylic acids is 1. The van der Waals surface area contributed by atoms with Crippen molar-refractivity contribution in [3.63, 3.8) is 0 Å². The van der Waals surface area contributed by atoms with Gasteiger partial charge in [0.1, 0.15) is 0 Å². The van der Waals surface area contributed by atoms with Crippen molar-refractivity contribution in [3.8, 4) is 0 Å². The Kier molecular flexibility index (Phi) is 3.98. The molecule has 29 heavy (non-hydrogen) atoms. The number of hydrogen-bond donors (Lipinski definition) is 1. The summed E-state index contributed by atoms with van der Waals surface area (Å²) in [7, 11) is 0. The quantitative estimate of drug-likeness (QED) is 0.548. The number of fused-ring (bicyclic) bond motifs is 4.